The number of anilines is 2. The molecule has 2 aliphatic heterocycles. The van der Waals surface area contributed by atoms with Gasteiger partial charge in [-0.2, -0.15) is 0 Å². The van der Waals surface area contributed by atoms with Crippen molar-refractivity contribution in [2.24, 2.45) is 11.7 Å². The zero-order valence-electron chi connectivity index (χ0n) is 14.5. The number of para-hydroxylation sites is 1. The molecule has 1 saturated carbocycles. The van der Waals surface area contributed by atoms with Crippen molar-refractivity contribution < 1.29 is 9.59 Å². The summed E-state index contributed by atoms with van der Waals surface area (Å²) >= 11 is 3.06. The highest BCUT2D eigenvalue weighted by molar-refractivity contribution is 8.04. The van der Waals surface area contributed by atoms with Crippen LogP contribution in [0.1, 0.15) is 24.8 Å². The van der Waals surface area contributed by atoms with Crippen molar-refractivity contribution in [3.63, 3.8) is 0 Å². The number of carbonyl (C=O) groups is 2. The molecule has 3 N–H and O–H groups in total. The van der Waals surface area contributed by atoms with Crippen molar-refractivity contribution in [3.05, 3.63) is 39.7 Å². The second-order valence-corrected chi connectivity index (χ2v) is 8.75. The second kappa shape index (κ2) is 6.38. The Kier molecular flexibility index (Phi) is 3.98. The summed E-state index contributed by atoms with van der Waals surface area (Å²) in [7, 11) is 0. The molecule has 1 aromatic heterocycles. The van der Waals surface area contributed by atoms with Gasteiger partial charge in [0.15, 0.2) is 5.13 Å². The molecule has 0 radical (unpaired) electrons. The topological polar surface area (TPSA) is 88.3 Å². The summed E-state index contributed by atoms with van der Waals surface area (Å²) in [6, 6.07) is 6.06. The van der Waals surface area contributed by atoms with Gasteiger partial charge in [0, 0.05) is 29.0 Å². The number of fused-ring (bicyclic) bond motifs is 1. The number of carbonyl (C=O) groups excluding carboxylic acids is 2. The first-order valence-corrected chi connectivity index (χ1v) is 10.8. The summed E-state index contributed by atoms with van der Waals surface area (Å²) in [5.74, 6) is 0.784. The lowest BCUT2D eigenvalue weighted by Crippen LogP contribution is -2.21. The molecule has 1 aromatic carbocycles. The Morgan fingerprint density at radius 2 is 2.15 bits per heavy atom. The highest BCUT2D eigenvalue weighted by Crippen LogP contribution is 2.49. The summed E-state index contributed by atoms with van der Waals surface area (Å²) in [5, 5.41) is 5.89. The van der Waals surface area contributed by atoms with Crippen LogP contribution >= 0.6 is 23.1 Å². The molecule has 3 heterocycles. The number of nitrogens with zero attached hydrogens (tertiary/aromatic N) is 2. The third-order valence-electron chi connectivity index (χ3n) is 5.08. The van der Waals surface area contributed by atoms with Gasteiger partial charge in [-0.1, -0.05) is 30.0 Å². The predicted octanol–water partition coefficient (Wildman–Crippen LogP) is 3.31. The number of nitrogens with two attached hydrogens (primary N) is 1. The van der Waals surface area contributed by atoms with Gasteiger partial charge in [0.2, 0.25) is 5.91 Å². The SMILES string of the molecule is NC(=O)C1=C(C2CC2)N(c2nc(-c3cccc4c3NC(=O)CC4)cs2)CS1. The Hall–Kier alpha value is -2.32. The third kappa shape index (κ3) is 2.93. The Balaban J connectivity index is 1.51. The molecule has 1 aliphatic carbocycles. The predicted molar refractivity (Wildman–Crippen MR) is 108 cm³/mol. The summed E-state index contributed by atoms with van der Waals surface area (Å²) in [5.41, 5.74) is 10.4. The van der Waals surface area contributed by atoms with E-state index in [-0.39, 0.29) is 11.8 Å². The van der Waals surface area contributed by atoms with Crippen LogP contribution in [0.25, 0.3) is 11.3 Å². The first-order valence-electron chi connectivity index (χ1n) is 8.94. The fourth-order valence-electron chi connectivity index (χ4n) is 3.64. The molecule has 0 saturated heterocycles. The number of amides is 2. The van der Waals surface area contributed by atoms with Crippen LogP contribution < -0.4 is 16.0 Å². The Bertz CT molecular complexity index is 993. The molecule has 0 spiro atoms. The standard InChI is InChI=1S/C19H18N4O2S2/c20-18(25)17-16(11-4-5-11)23(9-27-17)19-21-13(8-26-19)12-3-1-2-10-6-7-14(24)22-15(10)12/h1-3,8,11H,4-7,9H2,(H2,20,25)(H,22,24). The molecule has 3 aliphatic rings. The molecule has 0 unspecified atom stereocenters. The van der Waals surface area contributed by atoms with Crippen molar-refractivity contribution >= 4 is 45.7 Å². The molecule has 2 aromatic rings. The van der Waals surface area contributed by atoms with E-state index in [2.05, 4.69) is 16.3 Å². The van der Waals surface area contributed by atoms with E-state index in [0.717, 1.165) is 52.6 Å². The monoisotopic (exact) mass is 398 g/mol. The maximum atomic E-state index is 11.9. The van der Waals surface area contributed by atoms with E-state index in [1.54, 1.807) is 11.3 Å². The molecular weight excluding hydrogens is 380 g/mol. The van der Waals surface area contributed by atoms with Crippen LogP contribution in [0.15, 0.2) is 34.2 Å². The van der Waals surface area contributed by atoms with E-state index in [9.17, 15) is 9.59 Å². The van der Waals surface area contributed by atoms with Crippen LogP contribution in [0.2, 0.25) is 0 Å². The van der Waals surface area contributed by atoms with Crippen LogP contribution in [-0.2, 0) is 16.0 Å². The highest BCUT2D eigenvalue weighted by Gasteiger charge is 2.39. The van der Waals surface area contributed by atoms with E-state index in [1.165, 1.54) is 11.8 Å². The molecule has 1 fully saturated rings. The van der Waals surface area contributed by atoms with E-state index in [0.29, 0.717) is 23.1 Å². The van der Waals surface area contributed by atoms with E-state index in [1.807, 2.05) is 17.5 Å². The normalized spacial score (nSPS) is 19.3. The largest absolute Gasteiger partial charge is 0.365 e. The lowest BCUT2D eigenvalue weighted by Gasteiger charge is -2.20. The lowest BCUT2D eigenvalue weighted by molar-refractivity contribution is -0.116. The molecule has 5 rings (SSSR count). The van der Waals surface area contributed by atoms with Crippen molar-refractivity contribution in [1.29, 1.82) is 0 Å². The number of primary amides is 1. The summed E-state index contributed by atoms with van der Waals surface area (Å²) in [6.45, 7) is 0. The molecule has 0 atom stereocenters. The van der Waals surface area contributed by atoms with Gasteiger partial charge in [-0.15, -0.1) is 11.3 Å². The van der Waals surface area contributed by atoms with Crippen molar-refractivity contribution in [3.8, 4) is 11.3 Å². The van der Waals surface area contributed by atoms with Gasteiger partial charge in [-0.05, 0) is 24.8 Å². The number of nitrogens with one attached hydrogen (secondary N) is 1. The van der Waals surface area contributed by atoms with Crippen molar-refractivity contribution in [1.82, 2.24) is 4.98 Å². The zero-order chi connectivity index (χ0) is 18.5. The van der Waals surface area contributed by atoms with E-state index in [4.69, 9.17) is 10.7 Å². The number of rotatable bonds is 4. The number of thioether (sulfide) groups is 1. The molecule has 27 heavy (non-hydrogen) atoms. The Morgan fingerprint density at radius 1 is 1.30 bits per heavy atom. The maximum absolute atomic E-state index is 11.9. The van der Waals surface area contributed by atoms with Gasteiger partial charge < -0.3 is 16.0 Å². The van der Waals surface area contributed by atoms with Crippen LogP contribution in [0, 0.1) is 5.92 Å². The molecule has 2 amide bonds. The van der Waals surface area contributed by atoms with Gasteiger partial charge in [-0.25, -0.2) is 4.98 Å². The minimum absolute atomic E-state index is 0.0476. The number of thiazole rings is 1. The van der Waals surface area contributed by atoms with Crippen LogP contribution in [-0.4, -0.2) is 22.7 Å². The number of aromatic nitrogens is 1. The number of hydrogen-bond donors (Lipinski definition) is 2. The van der Waals surface area contributed by atoms with Gasteiger partial charge in [0.25, 0.3) is 5.91 Å². The van der Waals surface area contributed by atoms with Crippen LogP contribution in [0.4, 0.5) is 10.8 Å². The van der Waals surface area contributed by atoms with E-state index < -0.39 is 0 Å². The summed E-state index contributed by atoms with van der Waals surface area (Å²) in [4.78, 5) is 31.3. The average Bonchev–Trinajstić information content (AvgIpc) is 3.21. The molecule has 0 bridgehead atoms. The Labute approximate surface area is 164 Å². The molecule has 6 nitrogen and oxygen atoms in total. The van der Waals surface area contributed by atoms with Crippen molar-refractivity contribution in [2.75, 3.05) is 16.1 Å². The van der Waals surface area contributed by atoms with Crippen LogP contribution in [0.5, 0.6) is 0 Å². The highest BCUT2D eigenvalue weighted by atomic mass is 32.2. The molecular formula is C19H18N4O2S2. The summed E-state index contributed by atoms with van der Waals surface area (Å²) in [6.07, 6.45) is 3.47. The minimum atomic E-state index is -0.346. The van der Waals surface area contributed by atoms with Gasteiger partial charge in [0.1, 0.15) is 0 Å². The van der Waals surface area contributed by atoms with Gasteiger partial charge >= 0.3 is 0 Å². The fourth-order valence-corrected chi connectivity index (χ4v) is 5.65. The maximum Gasteiger partial charge on any atom is 0.256 e. The van der Waals surface area contributed by atoms with E-state index >= 15 is 0 Å². The number of hydrogen-bond acceptors (Lipinski definition) is 6. The first kappa shape index (κ1) is 16.8. The van der Waals surface area contributed by atoms with Gasteiger partial charge in [0.05, 0.1) is 22.2 Å². The zero-order valence-corrected chi connectivity index (χ0v) is 16.2. The van der Waals surface area contributed by atoms with Gasteiger partial charge in [-0.3, -0.25) is 9.59 Å². The lowest BCUT2D eigenvalue weighted by atomic mass is 9.98. The minimum Gasteiger partial charge on any atom is -0.365 e. The molecule has 8 heteroatoms. The number of aryl methyl sites for hydroxylation is 1. The van der Waals surface area contributed by atoms with Crippen molar-refractivity contribution in [2.45, 2.75) is 25.7 Å². The number of benzene rings is 1. The quantitative estimate of drug-likeness (QED) is 0.825. The summed E-state index contributed by atoms with van der Waals surface area (Å²) < 4.78 is 0. The third-order valence-corrected chi connectivity index (χ3v) is 7.03. The fraction of sp³-hybridized carbons (Fsp3) is 0.316. The second-order valence-electron chi connectivity index (χ2n) is 6.96. The smallest absolute Gasteiger partial charge is 0.256 e. The van der Waals surface area contributed by atoms with Crippen LogP contribution in [0.3, 0.4) is 0 Å². The Morgan fingerprint density at radius 3 is 2.93 bits per heavy atom. The number of allylic oxidation sites excluding steroid dienone is 1. The average molecular weight is 399 g/mol. The first-order chi connectivity index (χ1) is 13.1. The molecule has 138 valence electrons.